The maximum absolute atomic E-state index is 13.6. The molecule has 0 atom stereocenters. The smallest absolute Gasteiger partial charge is 0.272 e. The van der Waals surface area contributed by atoms with E-state index in [4.69, 9.17) is 23.5 Å². The van der Waals surface area contributed by atoms with Crippen LogP contribution in [0.2, 0.25) is 0 Å². The number of carbonyl (C=O) groups excluding carboxylic acids is 1. The number of rotatable bonds is 3. The fraction of sp³-hybridized carbons (Fsp3) is 0.417. The van der Waals surface area contributed by atoms with Crippen molar-refractivity contribution in [2.45, 2.75) is 50.5 Å². The van der Waals surface area contributed by atoms with Crippen molar-refractivity contribution >= 4 is 40.4 Å². The number of hydrogen-bond acceptors (Lipinski definition) is 4. The van der Waals surface area contributed by atoms with Crippen molar-refractivity contribution < 1.29 is 9.53 Å². The highest BCUT2D eigenvalue weighted by atomic mass is 32.1. The van der Waals surface area contributed by atoms with Gasteiger partial charge in [0.2, 0.25) is 0 Å². The number of benzene rings is 1. The largest absolute Gasteiger partial charge is 0.381 e. The summed E-state index contributed by atoms with van der Waals surface area (Å²) in [6, 6.07) is 10.4. The SMILES string of the molecule is [C-]#[N+]c1ncc(N2C(=O)C3(CCC3)N(c3ccc(C4CCOCC4)cc3)C2=S)cc1C. The number of hydrogen-bond donors (Lipinski definition) is 0. The molecule has 31 heavy (non-hydrogen) atoms. The number of aromatic nitrogens is 1. The van der Waals surface area contributed by atoms with Crippen LogP contribution in [0.4, 0.5) is 17.2 Å². The van der Waals surface area contributed by atoms with Gasteiger partial charge in [-0.1, -0.05) is 18.7 Å². The maximum atomic E-state index is 13.6. The van der Waals surface area contributed by atoms with Crippen LogP contribution in [0.1, 0.15) is 49.1 Å². The first-order valence-electron chi connectivity index (χ1n) is 10.8. The number of carbonyl (C=O) groups is 1. The van der Waals surface area contributed by atoms with Gasteiger partial charge in [0.05, 0.1) is 5.69 Å². The lowest BCUT2D eigenvalue weighted by atomic mass is 9.75. The number of amides is 1. The minimum Gasteiger partial charge on any atom is -0.381 e. The van der Waals surface area contributed by atoms with Crippen molar-refractivity contribution in [2.24, 2.45) is 0 Å². The van der Waals surface area contributed by atoms with Crippen molar-refractivity contribution in [2.75, 3.05) is 23.0 Å². The molecule has 5 rings (SSSR count). The van der Waals surface area contributed by atoms with Gasteiger partial charge in [-0.25, -0.2) is 0 Å². The van der Waals surface area contributed by atoms with E-state index in [0.717, 1.165) is 56.6 Å². The van der Waals surface area contributed by atoms with E-state index in [0.29, 0.717) is 22.5 Å². The van der Waals surface area contributed by atoms with E-state index in [1.54, 1.807) is 11.1 Å². The molecular formula is C24H24N4O2S. The molecule has 6 nitrogen and oxygen atoms in total. The van der Waals surface area contributed by atoms with Crippen LogP contribution in [0.5, 0.6) is 0 Å². The molecule has 158 valence electrons. The Labute approximate surface area is 187 Å². The molecule has 0 unspecified atom stereocenters. The minimum atomic E-state index is -0.607. The summed E-state index contributed by atoms with van der Waals surface area (Å²) in [5, 5.41) is 0.486. The van der Waals surface area contributed by atoms with Crippen molar-refractivity contribution in [3.63, 3.8) is 0 Å². The molecule has 1 amide bonds. The summed E-state index contributed by atoms with van der Waals surface area (Å²) in [5.74, 6) is 0.883. The Morgan fingerprint density at radius 1 is 1.19 bits per heavy atom. The normalized spacial score (nSPS) is 20.8. The van der Waals surface area contributed by atoms with Gasteiger partial charge in [-0.2, -0.15) is 0 Å². The number of ether oxygens (including phenoxy) is 1. The molecule has 2 aliphatic heterocycles. The van der Waals surface area contributed by atoms with Gasteiger partial charge in [0, 0.05) is 18.9 Å². The highest BCUT2D eigenvalue weighted by Gasteiger charge is 2.59. The number of pyridine rings is 1. The molecule has 3 aliphatic rings. The Bertz CT molecular complexity index is 1080. The number of thiocarbonyl (C=S) groups is 1. The number of aryl methyl sites for hydroxylation is 1. The van der Waals surface area contributed by atoms with E-state index in [2.05, 4.69) is 34.1 Å². The molecule has 1 spiro atoms. The average Bonchev–Trinajstić information content (AvgIpc) is 3.01. The third kappa shape index (κ3) is 3.13. The fourth-order valence-electron chi connectivity index (χ4n) is 4.93. The molecule has 1 aromatic carbocycles. The molecule has 7 heteroatoms. The van der Waals surface area contributed by atoms with E-state index in [1.165, 1.54) is 5.56 Å². The first-order chi connectivity index (χ1) is 15.0. The molecule has 0 bridgehead atoms. The summed E-state index contributed by atoms with van der Waals surface area (Å²) >= 11 is 5.84. The Hall–Kier alpha value is -2.82. The van der Waals surface area contributed by atoms with Gasteiger partial charge in [-0.3, -0.25) is 9.69 Å². The van der Waals surface area contributed by atoms with Crippen LogP contribution in [-0.2, 0) is 9.53 Å². The highest BCUT2D eigenvalue weighted by Crippen LogP contribution is 2.48. The van der Waals surface area contributed by atoms with Crippen LogP contribution in [0.25, 0.3) is 4.85 Å². The summed E-state index contributed by atoms with van der Waals surface area (Å²) < 4.78 is 5.49. The predicted molar refractivity (Wildman–Crippen MR) is 124 cm³/mol. The van der Waals surface area contributed by atoms with Crippen molar-refractivity contribution in [1.82, 2.24) is 4.98 Å². The van der Waals surface area contributed by atoms with Crippen LogP contribution < -0.4 is 9.80 Å². The maximum Gasteiger partial charge on any atom is 0.272 e. The molecule has 0 radical (unpaired) electrons. The van der Waals surface area contributed by atoms with E-state index < -0.39 is 5.54 Å². The molecular weight excluding hydrogens is 408 g/mol. The second kappa shape index (κ2) is 7.70. The number of anilines is 2. The Morgan fingerprint density at radius 2 is 1.90 bits per heavy atom. The van der Waals surface area contributed by atoms with Gasteiger partial charge >= 0.3 is 0 Å². The lowest BCUT2D eigenvalue weighted by molar-refractivity contribution is -0.123. The zero-order valence-corrected chi connectivity index (χ0v) is 18.3. The molecule has 0 N–H and O–H groups in total. The molecule has 3 heterocycles. The van der Waals surface area contributed by atoms with Gasteiger partial charge in [0.15, 0.2) is 5.11 Å². The number of nitrogens with zero attached hydrogens (tertiary/aromatic N) is 4. The molecule has 3 fully saturated rings. The van der Waals surface area contributed by atoms with E-state index in [9.17, 15) is 4.79 Å². The zero-order valence-electron chi connectivity index (χ0n) is 17.5. The lowest BCUT2D eigenvalue weighted by Crippen LogP contribution is -2.55. The summed E-state index contributed by atoms with van der Waals surface area (Å²) in [6.45, 7) is 10.7. The second-order valence-electron chi connectivity index (χ2n) is 8.57. The van der Waals surface area contributed by atoms with Crippen molar-refractivity contribution in [3.05, 3.63) is 59.1 Å². The summed E-state index contributed by atoms with van der Waals surface area (Å²) in [6.07, 6.45) is 6.25. The second-order valence-corrected chi connectivity index (χ2v) is 8.93. The van der Waals surface area contributed by atoms with Crippen molar-refractivity contribution in [3.8, 4) is 0 Å². The van der Waals surface area contributed by atoms with E-state index >= 15 is 0 Å². The Morgan fingerprint density at radius 3 is 2.48 bits per heavy atom. The Kier molecular flexibility index (Phi) is 4.99. The molecule has 1 saturated carbocycles. The van der Waals surface area contributed by atoms with Gasteiger partial charge in [-0.15, -0.1) is 4.98 Å². The van der Waals surface area contributed by atoms with Gasteiger partial charge in [-0.05, 0) is 86.5 Å². The van der Waals surface area contributed by atoms with E-state index in [1.807, 2.05) is 17.9 Å². The van der Waals surface area contributed by atoms with Crippen LogP contribution >= 0.6 is 12.2 Å². The van der Waals surface area contributed by atoms with Gasteiger partial charge < -0.3 is 14.5 Å². The Balaban J connectivity index is 1.48. The third-order valence-corrected chi connectivity index (χ3v) is 7.20. The third-order valence-electron chi connectivity index (χ3n) is 6.84. The fourth-order valence-corrected chi connectivity index (χ4v) is 5.40. The standard InChI is InChI=1S/C24H24N4O2S/c1-16-14-20(15-26-21(16)25-2)27-22(29)24(10-3-11-24)28(23(27)31)19-6-4-17(5-7-19)18-8-12-30-13-9-18/h4-7,14-15,18H,3,8-13H2,1H3. The minimum absolute atomic E-state index is 0.00835. The quantitative estimate of drug-likeness (QED) is 0.510. The summed E-state index contributed by atoms with van der Waals surface area (Å²) in [5.41, 5.74) is 3.04. The predicted octanol–water partition coefficient (Wildman–Crippen LogP) is 4.90. The van der Waals surface area contributed by atoms with Crippen LogP contribution in [0, 0.1) is 13.5 Å². The summed E-state index contributed by atoms with van der Waals surface area (Å²) in [4.78, 5) is 24.9. The first-order valence-corrected chi connectivity index (χ1v) is 11.2. The average molecular weight is 433 g/mol. The molecule has 2 aromatic rings. The molecule has 1 aromatic heterocycles. The summed E-state index contributed by atoms with van der Waals surface area (Å²) in [7, 11) is 0. The van der Waals surface area contributed by atoms with Crippen LogP contribution in [-0.4, -0.2) is 34.8 Å². The topological polar surface area (TPSA) is 50.0 Å². The van der Waals surface area contributed by atoms with Crippen LogP contribution in [0.3, 0.4) is 0 Å². The van der Waals surface area contributed by atoms with Crippen molar-refractivity contribution in [1.29, 1.82) is 0 Å². The highest BCUT2D eigenvalue weighted by molar-refractivity contribution is 7.81. The molecule has 1 aliphatic carbocycles. The first kappa shape index (κ1) is 20.1. The monoisotopic (exact) mass is 432 g/mol. The van der Waals surface area contributed by atoms with E-state index in [-0.39, 0.29) is 5.91 Å². The van der Waals surface area contributed by atoms with Gasteiger partial charge in [0.1, 0.15) is 11.7 Å². The van der Waals surface area contributed by atoms with Crippen LogP contribution in [0.15, 0.2) is 36.5 Å². The zero-order chi connectivity index (χ0) is 21.6. The van der Waals surface area contributed by atoms with Gasteiger partial charge in [0.25, 0.3) is 11.7 Å². The lowest BCUT2D eigenvalue weighted by Gasteiger charge is -2.43. The molecule has 2 saturated heterocycles.